The van der Waals surface area contributed by atoms with Gasteiger partial charge >= 0.3 is 6.03 Å². The summed E-state index contributed by atoms with van der Waals surface area (Å²) in [6.45, 7) is 1.94. The van der Waals surface area contributed by atoms with Crippen molar-refractivity contribution in [2.24, 2.45) is 0 Å². The molecule has 0 unspecified atom stereocenters. The van der Waals surface area contributed by atoms with Gasteiger partial charge in [0.25, 0.3) is 5.91 Å². The highest BCUT2D eigenvalue weighted by Gasteiger charge is 2.49. The molecule has 178 valence electrons. The molecule has 1 N–H and O–H groups in total. The highest BCUT2D eigenvalue weighted by molar-refractivity contribution is 6.11. The number of carbonyl (C=O) groups excluding carboxylic acids is 4. The molecule has 4 amide bonds. The lowest BCUT2D eigenvalue weighted by atomic mass is 9.90. The van der Waals surface area contributed by atoms with E-state index in [1.165, 1.54) is 0 Å². The number of benzene rings is 3. The van der Waals surface area contributed by atoms with Crippen LogP contribution in [0.4, 0.5) is 10.5 Å². The van der Waals surface area contributed by atoms with Gasteiger partial charge in [-0.15, -0.1) is 0 Å². The van der Waals surface area contributed by atoms with Gasteiger partial charge in [-0.25, -0.2) is 4.79 Å². The van der Waals surface area contributed by atoms with Gasteiger partial charge in [-0.05, 0) is 72.1 Å². The standard InChI is InChI=1S/C27H25N3O5/c1-27(20-9-5-19-15-22(35-2)12-8-18(19)14-20)25(33)30(26(34)28-27)16-23(31)17-6-10-21(11-7-17)29-13-3-4-24(29)32/h5-12,14-15H,3-4,13,16H2,1-2H3,(H,28,34)/t27-/m1/s1. The number of ether oxygens (including phenoxy) is 1. The maximum atomic E-state index is 13.3. The highest BCUT2D eigenvalue weighted by atomic mass is 16.5. The smallest absolute Gasteiger partial charge is 0.325 e. The first-order valence-electron chi connectivity index (χ1n) is 11.5. The number of ketones is 1. The van der Waals surface area contributed by atoms with Crippen molar-refractivity contribution in [1.29, 1.82) is 0 Å². The fraction of sp³-hybridized carbons (Fsp3) is 0.259. The van der Waals surface area contributed by atoms with Gasteiger partial charge in [-0.3, -0.25) is 19.3 Å². The number of hydrogen-bond acceptors (Lipinski definition) is 5. The van der Waals surface area contributed by atoms with Crippen LogP contribution < -0.4 is 15.0 Å². The third kappa shape index (κ3) is 3.90. The number of Topliss-reactive ketones (excluding diaryl/α,β-unsaturated/α-hetero) is 1. The number of hydrogen-bond donors (Lipinski definition) is 1. The first-order chi connectivity index (χ1) is 16.8. The number of carbonyl (C=O) groups is 4. The minimum absolute atomic E-state index is 0.0653. The number of urea groups is 1. The van der Waals surface area contributed by atoms with E-state index in [1.54, 1.807) is 49.3 Å². The van der Waals surface area contributed by atoms with Crippen LogP contribution in [0.5, 0.6) is 5.75 Å². The van der Waals surface area contributed by atoms with Crippen LogP contribution in [0, 0.1) is 0 Å². The molecule has 35 heavy (non-hydrogen) atoms. The second-order valence-corrected chi connectivity index (χ2v) is 8.99. The van der Waals surface area contributed by atoms with E-state index < -0.39 is 17.5 Å². The molecule has 8 heteroatoms. The Morgan fingerprint density at radius 1 is 1.00 bits per heavy atom. The summed E-state index contributed by atoms with van der Waals surface area (Å²) in [5, 5.41) is 4.60. The van der Waals surface area contributed by atoms with E-state index in [1.807, 2.05) is 30.3 Å². The summed E-state index contributed by atoms with van der Waals surface area (Å²) in [5.41, 5.74) is 0.448. The molecule has 2 aliphatic heterocycles. The van der Waals surface area contributed by atoms with Gasteiger partial charge in [-0.2, -0.15) is 0 Å². The zero-order valence-electron chi connectivity index (χ0n) is 19.5. The van der Waals surface area contributed by atoms with E-state index in [-0.39, 0.29) is 18.2 Å². The van der Waals surface area contributed by atoms with E-state index >= 15 is 0 Å². The van der Waals surface area contributed by atoms with E-state index in [4.69, 9.17) is 4.74 Å². The molecule has 2 fully saturated rings. The van der Waals surface area contributed by atoms with Gasteiger partial charge in [0.2, 0.25) is 5.91 Å². The molecule has 0 aromatic heterocycles. The molecule has 2 saturated heterocycles. The molecule has 2 aliphatic rings. The van der Waals surface area contributed by atoms with Crippen LogP contribution >= 0.6 is 0 Å². The van der Waals surface area contributed by atoms with Crippen LogP contribution in [0.25, 0.3) is 10.8 Å². The average Bonchev–Trinajstić information content (AvgIpc) is 3.39. The maximum Gasteiger partial charge on any atom is 0.325 e. The van der Waals surface area contributed by atoms with Gasteiger partial charge in [0.15, 0.2) is 5.78 Å². The zero-order valence-corrected chi connectivity index (χ0v) is 19.5. The predicted octanol–water partition coefficient (Wildman–Crippen LogP) is 3.63. The van der Waals surface area contributed by atoms with Crippen molar-refractivity contribution in [3.8, 4) is 5.75 Å². The second-order valence-electron chi connectivity index (χ2n) is 8.99. The fourth-order valence-corrected chi connectivity index (χ4v) is 4.68. The Morgan fingerprint density at radius 3 is 2.40 bits per heavy atom. The Hall–Kier alpha value is -4.20. The molecule has 0 spiro atoms. The molecular formula is C27H25N3O5. The molecule has 8 nitrogen and oxygen atoms in total. The SMILES string of the molecule is COc1ccc2cc([C@@]3(C)NC(=O)N(CC(=O)c4ccc(N5CCCC5=O)cc4)C3=O)ccc2c1. The largest absolute Gasteiger partial charge is 0.497 e. The van der Waals surface area contributed by atoms with Gasteiger partial charge in [-0.1, -0.05) is 18.2 Å². The third-order valence-corrected chi connectivity index (χ3v) is 6.78. The highest BCUT2D eigenvalue weighted by Crippen LogP contribution is 2.32. The summed E-state index contributed by atoms with van der Waals surface area (Å²) in [7, 11) is 1.60. The van der Waals surface area contributed by atoms with Crippen molar-refractivity contribution < 1.29 is 23.9 Å². The summed E-state index contributed by atoms with van der Waals surface area (Å²) in [4.78, 5) is 53.6. The van der Waals surface area contributed by atoms with Crippen molar-refractivity contribution in [2.45, 2.75) is 25.3 Å². The van der Waals surface area contributed by atoms with Crippen molar-refractivity contribution in [2.75, 3.05) is 25.1 Å². The Bertz CT molecular complexity index is 1370. The molecule has 3 aromatic rings. The summed E-state index contributed by atoms with van der Waals surface area (Å²) in [5.74, 6) is -0.0485. The average molecular weight is 472 g/mol. The number of nitrogens with one attached hydrogen (secondary N) is 1. The third-order valence-electron chi connectivity index (χ3n) is 6.78. The molecule has 5 rings (SSSR count). The Kier molecular flexibility index (Phi) is 5.51. The molecule has 0 bridgehead atoms. The summed E-state index contributed by atoms with van der Waals surface area (Å²) in [6, 6.07) is 17.2. The number of rotatable bonds is 6. The summed E-state index contributed by atoms with van der Waals surface area (Å²) < 4.78 is 5.26. The monoisotopic (exact) mass is 471 g/mol. The van der Waals surface area contributed by atoms with Crippen LogP contribution in [0.2, 0.25) is 0 Å². The van der Waals surface area contributed by atoms with Gasteiger partial charge in [0.05, 0.1) is 13.7 Å². The second kappa shape index (κ2) is 8.54. The fourth-order valence-electron chi connectivity index (χ4n) is 4.68. The quantitative estimate of drug-likeness (QED) is 0.438. The van der Waals surface area contributed by atoms with E-state index in [2.05, 4.69) is 5.32 Å². The number of anilines is 1. The molecule has 1 atom stereocenters. The van der Waals surface area contributed by atoms with Crippen LogP contribution in [0.3, 0.4) is 0 Å². The van der Waals surface area contributed by atoms with Crippen LogP contribution in [0.15, 0.2) is 60.7 Å². The Morgan fingerprint density at radius 2 is 1.71 bits per heavy atom. The van der Waals surface area contributed by atoms with E-state index in [0.717, 1.165) is 33.5 Å². The topological polar surface area (TPSA) is 96.0 Å². The van der Waals surface area contributed by atoms with Crippen molar-refractivity contribution in [1.82, 2.24) is 10.2 Å². The number of imide groups is 1. The number of fused-ring (bicyclic) bond motifs is 1. The van der Waals surface area contributed by atoms with Crippen LogP contribution in [-0.4, -0.2) is 48.7 Å². The lowest BCUT2D eigenvalue weighted by molar-refractivity contribution is -0.130. The maximum absolute atomic E-state index is 13.3. The van der Waals surface area contributed by atoms with E-state index in [9.17, 15) is 19.2 Å². The normalized spacial score (nSPS) is 20.0. The van der Waals surface area contributed by atoms with Crippen molar-refractivity contribution in [3.63, 3.8) is 0 Å². The van der Waals surface area contributed by atoms with Gasteiger partial charge in [0.1, 0.15) is 11.3 Å². The molecular weight excluding hydrogens is 446 g/mol. The molecule has 3 aromatic carbocycles. The number of nitrogens with zero attached hydrogens (tertiary/aromatic N) is 2. The minimum atomic E-state index is -1.29. The first-order valence-corrected chi connectivity index (χ1v) is 11.5. The first kappa shape index (κ1) is 22.6. The Balaban J connectivity index is 1.34. The summed E-state index contributed by atoms with van der Waals surface area (Å²) in [6.07, 6.45) is 1.34. The predicted molar refractivity (Wildman–Crippen MR) is 130 cm³/mol. The van der Waals surface area contributed by atoms with Crippen molar-refractivity contribution >= 4 is 40.1 Å². The molecule has 2 heterocycles. The van der Waals surface area contributed by atoms with Crippen LogP contribution in [0.1, 0.15) is 35.7 Å². The lowest BCUT2D eigenvalue weighted by Gasteiger charge is -2.22. The minimum Gasteiger partial charge on any atom is -0.497 e. The number of methoxy groups -OCH3 is 1. The molecule has 0 aliphatic carbocycles. The van der Waals surface area contributed by atoms with Crippen molar-refractivity contribution in [3.05, 3.63) is 71.8 Å². The zero-order chi connectivity index (χ0) is 24.7. The van der Waals surface area contributed by atoms with Gasteiger partial charge in [0, 0.05) is 24.2 Å². The van der Waals surface area contributed by atoms with Crippen LogP contribution in [-0.2, 0) is 15.1 Å². The molecule has 0 saturated carbocycles. The number of amides is 4. The lowest BCUT2D eigenvalue weighted by Crippen LogP contribution is -2.41. The summed E-state index contributed by atoms with van der Waals surface area (Å²) >= 11 is 0. The molecule has 0 radical (unpaired) electrons. The van der Waals surface area contributed by atoms with Gasteiger partial charge < -0.3 is 15.0 Å². The Labute approximate surface area is 202 Å². The van der Waals surface area contributed by atoms with E-state index in [0.29, 0.717) is 24.1 Å².